The van der Waals surface area contributed by atoms with Gasteiger partial charge in [-0.1, -0.05) is 22.5 Å². The van der Waals surface area contributed by atoms with Gasteiger partial charge in [-0.3, -0.25) is 0 Å². The number of nitrogens with zero attached hydrogens (tertiary/aromatic N) is 5. The molecular formula is C15H12ClN5O4. The SMILES string of the molecule is COc1cccc(N=c2c([N+](=O)[O-])nn(-c3ccc(Cl)cc3)n2O)c1. The van der Waals surface area contributed by atoms with Gasteiger partial charge in [0.05, 0.1) is 17.9 Å². The maximum absolute atomic E-state index is 11.3. The molecule has 3 aromatic rings. The zero-order valence-corrected chi connectivity index (χ0v) is 13.7. The molecule has 0 fully saturated rings. The van der Waals surface area contributed by atoms with Gasteiger partial charge in [0.1, 0.15) is 11.4 Å². The van der Waals surface area contributed by atoms with E-state index in [1.54, 1.807) is 48.5 Å². The van der Waals surface area contributed by atoms with E-state index in [9.17, 15) is 15.3 Å². The zero-order chi connectivity index (χ0) is 18.0. The lowest BCUT2D eigenvalue weighted by Crippen LogP contribution is -2.22. The van der Waals surface area contributed by atoms with Crippen LogP contribution in [0.25, 0.3) is 5.69 Å². The van der Waals surface area contributed by atoms with Crippen LogP contribution in [0.15, 0.2) is 53.5 Å². The molecule has 0 radical (unpaired) electrons. The average molecular weight is 362 g/mol. The van der Waals surface area contributed by atoms with Crippen LogP contribution in [0.4, 0.5) is 11.5 Å². The minimum absolute atomic E-state index is 0.326. The van der Waals surface area contributed by atoms with Crippen molar-refractivity contribution in [3.8, 4) is 11.4 Å². The van der Waals surface area contributed by atoms with Crippen LogP contribution in [-0.4, -0.2) is 32.0 Å². The second-order valence-electron chi connectivity index (χ2n) is 4.87. The highest BCUT2D eigenvalue weighted by atomic mass is 35.5. The molecule has 1 aromatic heterocycles. The second kappa shape index (κ2) is 6.65. The van der Waals surface area contributed by atoms with E-state index in [-0.39, 0.29) is 5.49 Å². The van der Waals surface area contributed by atoms with Crippen LogP contribution in [0.2, 0.25) is 5.02 Å². The first kappa shape index (κ1) is 16.5. The first-order valence-electron chi connectivity index (χ1n) is 7.00. The number of ether oxygens (including phenoxy) is 1. The maximum Gasteiger partial charge on any atom is 0.438 e. The van der Waals surface area contributed by atoms with Crippen LogP contribution in [0.5, 0.6) is 5.75 Å². The molecule has 0 spiro atoms. The largest absolute Gasteiger partial charge is 0.497 e. The van der Waals surface area contributed by atoms with E-state index in [0.717, 1.165) is 4.80 Å². The van der Waals surface area contributed by atoms with Gasteiger partial charge in [-0.2, -0.15) is 0 Å². The molecule has 0 unspecified atom stereocenters. The van der Waals surface area contributed by atoms with Crippen molar-refractivity contribution in [2.45, 2.75) is 0 Å². The number of nitro groups is 1. The number of benzene rings is 2. The van der Waals surface area contributed by atoms with Gasteiger partial charge >= 0.3 is 5.82 Å². The lowest BCUT2D eigenvalue weighted by molar-refractivity contribution is -0.391. The summed E-state index contributed by atoms with van der Waals surface area (Å²) in [6.07, 6.45) is 0. The van der Waals surface area contributed by atoms with Crippen LogP contribution >= 0.6 is 11.6 Å². The Morgan fingerprint density at radius 1 is 1.28 bits per heavy atom. The van der Waals surface area contributed by atoms with Crippen molar-refractivity contribution >= 4 is 23.1 Å². The molecule has 128 valence electrons. The Labute approximate surface area is 146 Å². The number of methoxy groups -OCH3 is 1. The molecule has 1 N–H and O–H groups in total. The van der Waals surface area contributed by atoms with Crippen LogP contribution in [0, 0.1) is 10.1 Å². The molecule has 0 aliphatic carbocycles. The van der Waals surface area contributed by atoms with E-state index >= 15 is 0 Å². The number of halogens is 1. The van der Waals surface area contributed by atoms with Crippen molar-refractivity contribution in [1.82, 2.24) is 14.7 Å². The molecule has 0 bridgehead atoms. The Kier molecular flexibility index (Phi) is 4.40. The maximum atomic E-state index is 11.3. The van der Waals surface area contributed by atoms with Gasteiger partial charge in [0.2, 0.25) is 0 Å². The van der Waals surface area contributed by atoms with Gasteiger partial charge in [0.25, 0.3) is 5.49 Å². The predicted octanol–water partition coefficient (Wildman–Crippen LogP) is 2.71. The Morgan fingerprint density at radius 3 is 2.64 bits per heavy atom. The van der Waals surface area contributed by atoms with Crippen molar-refractivity contribution in [3.05, 3.63) is 69.2 Å². The molecule has 0 saturated carbocycles. The summed E-state index contributed by atoms with van der Waals surface area (Å²) in [5.41, 5.74) is 0.413. The first-order chi connectivity index (χ1) is 12.0. The van der Waals surface area contributed by atoms with Crippen molar-refractivity contribution in [1.29, 1.82) is 0 Å². The third kappa shape index (κ3) is 3.31. The van der Waals surface area contributed by atoms with Gasteiger partial charge in [-0.15, -0.1) is 0 Å². The first-order valence-corrected chi connectivity index (χ1v) is 7.38. The number of aromatic nitrogens is 3. The molecule has 9 nitrogen and oxygen atoms in total. The minimum atomic E-state index is -0.724. The van der Waals surface area contributed by atoms with Crippen molar-refractivity contribution in [2.24, 2.45) is 4.99 Å². The highest BCUT2D eigenvalue weighted by molar-refractivity contribution is 6.30. The van der Waals surface area contributed by atoms with Crippen molar-refractivity contribution in [3.63, 3.8) is 0 Å². The van der Waals surface area contributed by atoms with E-state index in [2.05, 4.69) is 10.1 Å². The number of hydrogen-bond acceptors (Lipinski definition) is 6. The fourth-order valence-corrected chi connectivity index (χ4v) is 2.24. The molecule has 3 rings (SSSR count). The Morgan fingerprint density at radius 2 is 2.00 bits per heavy atom. The van der Waals surface area contributed by atoms with Gasteiger partial charge in [-0.05, 0) is 46.1 Å². The molecule has 25 heavy (non-hydrogen) atoms. The fraction of sp³-hybridized carbons (Fsp3) is 0.0667. The van der Waals surface area contributed by atoms with E-state index in [1.807, 2.05) is 0 Å². The van der Waals surface area contributed by atoms with Crippen LogP contribution in [0.1, 0.15) is 0 Å². The third-order valence-electron chi connectivity index (χ3n) is 3.28. The molecule has 10 heteroatoms. The lowest BCUT2D eigenvalue weighted by atomic mass is 10.3. The lowest BCUT2D eigenvalue weighted by Gasteiger charge is -2.00. The molecule has 0 amide bonds. The summed E-state index contributed by atoms with van der Waals surface area (Å²) < 4.78 is 5.09. The summed E-state index contributed by atoms with van der Waals surface area (Å²) in [5.74, 6) is -0.0706. The summed E-state index contributed by atoms with van der Waals surface area (Å²) in [5, 5.41) is 25.9. The van der Waals surface area contributed by atoms with Gasteiger partial charge < -0.3 is 20.1 Å². The van der Waals surface area contributed by atoms with Crippen molar-refractivity contribution in [2.75, 3.05) is 7.11 Å². The predicted molar refractivity (Wildman–Crippen MR) is 88.6 cm³/mol. The van der Waals surface area contributed by atoms with Gasteiger partial charge in [-0.25, -0.2) is 4.99 Å². The van der Waals surface area contributed by atoms with Gasteiger partial charge in [0, 0.05) is 11.1 Å². The number of rotatable bonds is 4. The highest BCUT2D eigenvalue weighted by Crippen LogP contribution is 2.19. The average Bonchev–Trinajstić information content (AvgIpc) is 2.93. The summed E-state index contributed by atoms with van der Waals surface area (Å²) in [6, 6.07) is 12.8. The zero-order valence-electron chi connectivity index (χ0n) is 12.9. The van der Waals surface area contributed by atoms with E-state index in [4.69, 9.17) is 16.3 Å². The second-order valence-corrected chi connectivity index (χ2v) is 5.31. The Balaban J connectivity index is 2.20. The minimum Gasteiger partial charge on any atom is -0.497 e. The molecule has 0 atom stereocenters. The summed E-state index contributed by atoms with van der Waals surface area (Å²) in [7, 11) is 1.49. The standard InChI is InChI=1S/C15H12ClN5O4/c1-25-13-4-2-3-11(9-13)17-14-15(21(23)24)18-19(20(14)22)12-7-5-10(16)6-8-12/h2-9,22H,1H3. The van der Waals surface area contributed by atoms with E-state index in [0.29, 0.717) is 27.0 Å². The van der Waals surface area contributed by atoms with Crippen LogP contribution in [0.3, 0.4) is 0 Å². The molecule has 0 aliphatic rings. The van der Waals surface area contributed by atoms with Crippen molar-refractivity contribution < 1.29 is 14.9 Å². The Hall–Kier alpha value is -3.33. The van der Waals surface area contributed by atoms with E-state index < -0.39 is 10.7 Å². The summed E-state index contributed by atoms with van der Waals surface area (Å²) in [6.45, 7) is 0. The van der Waals surface area contributed by atoms with E-state index in [1.165, 1.54) is 7.11 Å². The summed E-state index contributed by atoms with van der Waals surface area (Å²) >= 11 is 5.82. The van der Waals surface area contributed by atoms with Crippen LogP contribution in [-0.2, 0) is 0 Å². The molecule has 0 aliphatic heterocycles. The third-order valence-corrected chi connectivity index (χ3v) is 3.53. The summed E-state index contributed by atoms with van der Waals surface area (Å²) in [4.78, 5) is 16.1. The molecular weight excluding hydrogens is 350 g/mol. The quantitative estimate of drug-likeness (QED) is 0.436. The smallest absolute Gasteiger partial charge is 0.438 e. The molecule has 0 saturated heterocycles. The fourth-order valence-electron chi connectivity index (χ4n) is 2.11. The molecule has 1 heterocycles. The Bertz CT molecular complexity index is 994. The molecule has 2 aromatic carbocycles. The number of hydrogen-bond donors (Lipinski definition) is 1. The normalized spacial score (nSPS) is 11.5. The van der Waals surface area contributed by atoms with Crippen LogP contribution < -0.4 is 10.2 Å². The highest BCUT2D eigenvalue weighted by Gasteiger charge is 2.24. The monoisotopic (exact) mass is 361 g/mol. The van der Waals surface area contributed by atoms with Gasteiger partial charge in [0.15, 0.2) is 0 Å². The topological polar surface area (TPSA) is 108 Å².